The Labute approximate surface area is 289 Å². The number of carbonyl (C=O) groups excluding carboxylic acids is 2. The van der Waals surface area contributed by atoms with Crippen LogP contribution in [0, 0.1) is 17.8 Å². The Morgan fingerprint density at radius 3 is 2.22 bits per heavy atom. The van der Waals surface area contributed by atoms with Gasteiger partial charge in [-0.1, -0.05) is 19.9 Å². The number of methoxy groups -OCH3 is 3. The SMILES string of the molecule is CO[C@@H]1[C@H](O)[C@@H](C)O[C@@H](OC[C@H]2[C@@H]3O[C@H]3CCC(=O)[C@@](C)(O)C[C@H](C)[C@H](O[C@@H]3O[C@H](C)C[C@@H](OC)[C@@H]3O)[C@@H](C)/C=C/C(=O)O[C@@H]2C)[C@@H]1OC. The van der Waals surface area contributed by atoms with E-state index in [1.165, 1.54) is 34.3 Å². The maximum absolute atomic E-state index is 13.4. The van der Waals surface area contributed by atoms with Gasteiger partial charge in [-0.25, -0.2) is 4.79 Å². The van der Waals surface area contributed by atoms with Crippen molar-refractivity contribution < 1.29 is 67.5 Å². The van der Waals surface area contributed by atoms with Crippen molar-refractivity contribution in [3.05, 3.63) is 12.2 Å². The molecule has 0 amide bonds. The molecule has 49 heavy (non-hydrogen) atoms. The van der Waals surface area contributed by atoms with E-state index < -0.39 is 84.8 Å². The zero-order valence-electron chi connectivity index (χ0n) is 30.3. The lowest BCUT2D eigenvalue weighted by molar-refractivity contribution is -0.305. The topological polar surface area (TPSA) is 181 Å². The van der Waals surface area contributed by atoms with Crippen molar-refractivity contribution in [3.8, 4) is 0 Å². The second-order valence-corrected chi connectivity index (χ2v) is 14.4. The predicted octanol–water partition coefficient (Wildman–Crippen LogP) is 1.68. The van der Waals surface area contributed by atoms with Gasteiger partial charge < -0.3 is 58.0 Å². The van der Waals surface area contributed by atoms with Crippen molar-refractivity contribution >= 4 is 11.8 Å². The molecule has 4 aliphatic rings. The van der Waals surface area contributed by atoms with Crippen LogP contribution in [-0.4, -0.2) is 140 Å². The minimum absolute atomic E-state index is 0.0587. The molecule has 3 N–H and O–H groups in total. The molecule has 14 heteroatoms. The second-order valence-electron chi connectivity index (χ2n) is 14.4. The second kappa shape index (κ2) is 17.3. The molecule has 4 heterocycles. The van der Waals surface area contributed by atoms with Gasteiger partial charge in [0.1, 0.15) is 36.1 Å². The molecule has 0 spiro atoms. The average Bonchev–Trinajstić information content (AvgIpc) is 3.82. The normalized spacial score (nSPS) is 48.0. The Kier molecular flexibility index (Phi) is 14.2. The van der Waals surface area contributed by atoms with Gasteiger partial charge in [-0.05, 0) is 46.5 Å². The van der Waals surface area contributed by atoms with Crippen molar-refractivity contribution in [1.29, 1.82) is 0 Å². The lowest BCUT2D eigenvalue weighted by Crippen LogP contribution is -2.59. The number of epoxide rings is 1. The van der Waals surface area contributed by atoms with Gasteiger partial charge in [-0.15, -0.1) is 0 Å². The fourth-order valence-corrected chi connectivity index (χ4v) is 7.44. The molecule has 3 saturated heterocycles. The molecule has 0 aromatic rings. The summed E-state index contributed by atoms with van der Waals surface area (Å²) in [4.78, 5) is 26.6. The third-order valence-corrected chi connectivity index (χ3v) is 10.5. The summed E-state index contributed by atoms with van der Waals surface area (Å²) in [7, 11) is 4.48. The Balaban J connectivity index is 1.54. The third-order valence-electron chi connectivity index (χ3n) is 10.5. The lowest BCUT2D eigenvalue weighted by Gasteiger charge is -2.42. The van der Waals surface area contributed by atoms with E-state index >= 15 is 0 Å². The Hall–Kier alpha value is -1.56. The van der Waals surface area contributed by atoms with Crippen LogP contribution in [0.4, 0.5) is 0 Å². The summed E-state index contributed by atoms with van der Waals surface area (Å²) in [6.45, 7) is 10.6. The first kappa shape index (κ1) is 40.2. The van der Waals surface area contributed by atoms with E-state index in [0.717, 1.165) is 0 Å². The van der Waals surface area contributed by atoms with Gasteiger partial charge in [-0.2, -0.15) is 0 Å². The Bertz CT molecular complexity index is 1120. The number of Topliss-reactive ketones (excluding diaryl/α,β-unsaturated/α-hetero) is 1. The number of esters is 1. The number of cyclic esters (lactones) is 1. The summed E-state index contributed by atoms with van der Waals surface area (Å²) in [6, 6.07) is 0. The number of ether oxygens (including phenoxy) is 9. The standard InChI is InChI=1S/C35H58O14/c1-17-10-13-26(37)46-20(4)22(16-44-34-32(43-9)31(42-8)27(38)21(5)47-34)30-23(48-30)11-12-25(36)35(6,40)15-18(2)29(17)49-33-28(39)24(41-7)14-19(3)45-33/h10,13,17-24,27-34,38-40H,11-12,14-16H2,1-9H3/b13-10+/t17-,18-,19+,20+,21+,22+,23-,24+,27+,28-,29+,30-,31+,32+,33-,34+,35-/m0/s1. The molecule has 3 fully saturated rings. The highest BCUT2D eigenvalue weighted by Gasteiger charge is 2.51. The van der Waals surface area contributed by atoms with Crippen LogP contribution in [0.1, 0.15) is 67.2 Å². The van der Waals surface area contributed by atoms with Gasteiger partial charge >= 0.3 is 5.97 Å². The van der Waals surface area contributed by atoms with E-state index in [0.29, 0.717) is 12.8 Å². The molecule has 4 aliphatic heterocycles. The monoisotopic (exact) mass is 702 g/mol. The highest BCUT2D eigenvalue weighted by atomic mass is 16.7. The van der Waals surface area contributed by atoms with Crippen LogP contribution < -0.4 is 0 Å². The van der Waals surface area contributed by atoms with E-state index in [1.807, 2.05) is 20.8 Å². The molecule has 17 atom stereocenters. The van der Waals surface area contributed by atoms with Crippen LogP contribution in [0.25, 0.3) is 0 Å². The first-order chi connectivity index (χ1) is 23.1. The molecule has 0 unspecified atom stereocenters. The fraction of sp³-hybridized carbons (Fsp3) is 0.886. The van der Waals surface area contributed by atoms with Gasteiger partial charge in [0.15, 0.2) is 18.4 Å². The van der Waals surface area contributed by atoms with Crippen molar-refractivity contribution in [2.45, 2.75) is 153 Å². The van der Waals surface area contributed by atoms with E-state index in [2.05, 4.69) is 0 Å². The number of fused-ring (bicyclic) bond motifs is 1. The van der Waals surface area contributed by atoms with Crippen molar-refractivity contribution in [3.63, 3.8) is 0 Å². The number of hydrogen-bond donors (Lipinski definition) is 3. The first-order valence-electron chi connectivity index (χ1n) is 17.4. The zero-order chi connectivity index (χ0) is 36.2. The van der Waals surface area contributed by atoms with Crippen LogP contribution in [0.3, 0.4) is 0 Å². The highest BCUT2D eigenvalue weighted by Crippen LogP contribution is 2.38. The van der Waals surface area contributed by atoms with Crippen molar-refractivity contribution in [2.75, 3.05) is 27.9 Å². The minimum Gasteiger partial charge on any atom is -0.459 e. The maximum Gasteiger partial charge on any atom is 0.330 e. The summed E-state index contributed by atoms with van der Waals surface area (Å²) < 4.78 is 52.8. The van der Waals surface area contributed by atoms with Gasteiger partial charge in [0.05, 0.1) is 43.2 Å². The van der Waals surface area contributed by atoms with Gasteiger partial charge in [0.2, 0.25) is 0 Å². The van der Waals surface area contributed by atoms with Crippen LogP contribution >= 0.6 is 0 Å². The van der Waals surface area contributed by atoms with Crippen LogP contribution in [0.2, 0.25) is 0 Å². The molecule has 0 saturated carbocycles. The third kappa shape index (κ3) is 9.86. The van der Waals surface area contributed by atoms with Crippen molar-refractivity contribution in [1.82, 2.24) is 0 Å². The molecule has 0 aromatic carbocycles. The largest absolute Gasteiger partial charge is 0.459 e. The fourth-order valence-electron chi connectivity index (χ4n) is 7.44. The van der Waals surface area contributed by atoms with E-state index in [4.69, 9.17) is 42.6 Å². The number of aliphatic hydroxyl groups excluding tert-OH is 2. The molecular weight excluding hydrogens is 644 g/mol. The number of carbonyl (C=O) groups is 2. The Morgan fingerprint density at radius 2 is 1.57 bits per heavy atom. The number of rotatable bonds is 8. The van der Waals surface area contributed by atoms with E-state index in [9.17, 15) is 24.9 Å². The molecule has 0 aliphatic carbocycles. The lowest BCUT2D eigenvalue weighted by atomic mass is 9.81. The quantitative estimate of drug-likeness (QED) is 0.246. The van der Waals surface area contributed by atoms with Crippen molar-refractivity contribution in [2.24, 2.45) is 17.8 Å². The summed E-state index contributed by atoms with van der Waals surface area (Å²) in [5.41, 5.74) is -1.67. The number of hydrogen-bond acceptors (Lipinski definition) is 14. The average molecular weight is 703 g/mol. The predicted molar refractivity (Wildman–Crippen MR) is 173 cm³/mol. The smallest absolute Gasteiger partial charge is 0.330 e. The minimum atomic E-state index is -1.67. The van der Waals surface area contributed by atoms with Crippen LogP contribution in [0.5, 0.6) is 0 Å². The number of aliphatic hydroxyl groups is 3. The Morgan fingerprint density at radius 1 is 0.878 bits per heavy atom. The molecule has 0 bridgehead atoms. The van der Waals surface area contributed by atoms with E-state index in [-0.39, 0.29) is 49.5 Å². The van der Waals surface area contributed by atoms with Crippen LogP contribution in [-0.2, 0) is 52.2 Å². The van der Waals surface area contributed by atoms with Gasteiger partial charge in [0.25, 0.3) is 0 Å². The number of ketones is 1. The summed E-state index contributed by atoms with van der Waals surface area (Å²) >= 11 is 0. The maximum atomic E-state index is 13.4. The molecule has 14 nitrogen and oxygen atoms in total. The highest BCUT2D eigenvalue weighted by molar-refractivity contribution is 5.86. The first-order valence-corrected chi connectivity index (χ1v) is 17.4. The van der Waals surface area contributed by atoms with Crippen LogP contribution in [0.15, 0.2) is 12.2 Å². The van der Waals surface area contributed by atoms with Gasteiger partial charge in [-0.3, -0.25) is 4.79 Å². The summed E-state index contributed by atoms with van der Waals surface area (Å²) in [6.07, 6.45) is -4.62. The summed E-state index contributed by atoms with van der Waals surface area (Å²) in [5, 5.41) is 32.9. The molecule has 282 valence electrons. The zero-order valence-corrected chi connectivity index (χ0v) is 30.3. The van der Waals surface area contributed by atoms with E-state index in [1.54, 1.807) is 19.9 Å². The molecular formula is C35H58O14. The van der Waals surface area contributed by atoms with Gasteiger partial charge in [0, 0.05) is 52.1 Å². The molecule has 0 radical (unpaired) electrons. The molecule has 0 aromatic heterocycles. The summed E-state index contributed by atoms with van der Waals surface area (Å²) in [5.74, 6) is -2.15. The molecule has 4 rings (SSSR count).